The molecule has 0 bridgehead atoms. The van der Waals surface area contributed by atoms with Crippen molar-refractivity contribution >= 4 is 17.9 Å². The van der Waals surface area contributed by atoms with Gasteiger partial charge in [-0.2, -0.15) is 0 Å². The van der Waals surface area contributed by atoms with E-state index in [1.165, 1.54) is 0 Å². The third kappa shape index (κ3) is 11.0. The van der Waals surface area contributed by atoms with Crippen molar-refractivity contribution < 1.29 is 28.6 Å². The van der Waals surface area contributed by atoms with Crippen LogP contribution in [0.25, 0.3) is 0 Å². The van der Waals surface area contributed by atoms with Crippen molar-refractivity contribution in [1.29, 1.82) is 0 Å². The quantitative estimate of drug-likeness (QED) is 0.327. The lowest BCUT2D eigenvalue weighted by atomic mass is 10.1. The van der Waals surface area contributed by atoms with E-state index < -0.39 is 6.10 Å². The van der Waals surface area contributed by atoms with Crippen LogP contribution in [0.2, 0.25) is 0 Å². The van der Waals surface area contributed by atoms with Crippen LogP contribution in [-0.4, -0.2) is 37.2 Å². The van der Waals surface area contributed by atoms with E-state index >= 15 is 0 Å². The van der Waals surface area contributed by atoms with Gasteiger partial charge in [0.2, 0.25) is 0 Å². The molecule has 6 nitrogen and oxygen atoms in total. The average Bonchev–Trinajstić information content (AvgIpc) is 2.63. The summed E-state index contributed by atoms with van der Waals surface area (Å²) in [5.41, 5.74) is 0. The zero-order chi connectivity index (χ0) is 20.8. The van der Waals surface area contributed by atoms with Gasteiger partial charge in [-0.05, 0) is 19.3 Å². The largest absolute Gasteiger partial charge is 0.461 e. The van der Waals surface area contributed by atoms with Gasteiger partial charge in [0.05, 0.1) is 17.8 Å². The second-order valence-corrected chi connectivity index (χ2v) is 7.39. The maximum atomic E-state index is 12.2. The van der Waals surface area contributed by atoms with Crippen LogP contribution in [0, 0.1) is 17.8 Å². The zero-order valence-electron chi connectivity index (χ0n) is 17.9. The molecule has 158 valence electrons. The monoisotopic (exact) mass is 386 g/mol. The molecule has 0 aliphatic rings. The lowest BCUT2D eigenvalue weighted by Crippen LogP contribution is -2.34. The normalized spacial score (nSPS) is 15.3. The summed E-state index contributed by atoms with van der Waals surface area (Å²) in [5.74, 6) is -1.69. The minimum absolute atomic E-state index is 0.104. The predicted octanol–water partition coefficient (Wildman–Crippen LogP) is 4.29. The zero-order valence-corrected chi connectivity index (χ0v) is 17.9. The molecule has 0 radical (unpaired) electrons. The Bertz CT molecular complexity index is 420. The van der Waals surface area contributed by atoms with Crippen LogP contribution in [-0.2, 0) is 28.6 Å². The van der Waals surface area contributed by atoms with Gasteiger partial charge in [0, 0.05) is 0 Å². The van der Waals surface area contributed by atoms with Crippen LogP contribution in [0.4, 0.5) is 0 Å². The smallest absolute Gasteiger partial charge is 0.309 e. The van der Waals surface area contributed by atoms with Gasteiger partial charge in [0.1, 0.15) is 13.2 Å². The maximum absolute atomic E-state index is 12.2. The topological polar surface area (TPSA) is 78.9 Å². The predicted molar refractivity (Wildman–Crippen MR) is 104 cm³/mol. The van der Waals surface area contributed by atoms with Crippen LogP contribution < -0.4 is 0 Å². The van der Waals surface area contributed by atoms with Gasteiger partial charge >= 0.3 is 17.9 Å². The molecule has 6 heteroatoms. The first-order valence-electron chi connectivity index (χ1n) is 10.3. The molecule has 0 amide bonds. The summed E-state index contributed by atoms with van der Waals surface area (Å²) in [6.45, 7) is 11.2. The van der Waals surface area contributed by atoms with Crippen LogP contribution >= 0.6 is 0 Å². The van der Waals surface area contributed by atoms with Gasteiger partial charge in [0.25, 0.3) is 0 Å². The van der Waals surface area contributed by atoms with Crippen molar-refractivity contribution in [2.24, 2.45) is 17.8 Å². The molecule has 0 heterocycles. The number of esters is 3. The fourth-order valence-corrected chi connectivity index (χ4v) is 2.68. The summed E-state index contributed by atoms with van der Waals surface area (Å²) in [5, 5.41) is 0. The molecule has 0 saturated carbocycles. The molecular formula is C21H38O6. The van der Waals surface area contributed by atoms with Crippen molar-refractivity contribution in [3.63, 3.8) is 0 Å². The number of carbonyl (C=O) groups is 3. The Kier molecular flexibility index (Phi) is 13.6. The Morgan fingerprint density at radius 1 is 0.630 bits per heavy atom. The number of hydrogen-bond acceptors (Lipinski definition) is 6. The number of hydrogen-bond donors (Lipinski definition) is 0. The molecule has 0 aromatic rings. The van der Waals surface area contributed by atoms with Crippen LogP contribution in [0.1, 0.15) is 80.1 Å². The van der Waals surface area contributed by atoms with Gasteiger partial charge < -0.3 is 14.2 Å². The lowest BCUT2D eigenvalue weighted by Gasteiger charge is -2.21. The summed E-state index contributed by atoms with van der Waals surface area (Å²) in [6.07, 6.45) is 4.04. The summed E-state index contributed by atoms with van der Waals surface area (Å²) < 4.78 is 16.0. The SMILES string of the molecule is CCCC(C)C(=O)OCC(COC(=O)C(C)CCC)OC(=O)C(C)CCC. The van der Waals surface area contributed by atoms with Gasteiger partial charge in [-0.3, -0.25) is 14.4 Å². The van der Waals surface area contributed by atoms with Crippen molar-refractivity contribution in [3.05, 3.63) is 0 Å². The molecule has 3 unspecified atom stereocenters. The molecule has 0 aliphatic carbocycles. The molecular weight excluding hydrogens is 348 g/mol. The van der Waals surface area contributed by atoms with E-state index in [2.05, 4.69) is 0 Å². The second kappa shape index (κ2) is 14.5. The van der Waals surface area contributed by atoms with Gasteiger partial charge in [-0.15, -0.1) is 0 Å². The summed E-state index contributed by atoms with van der Waals surface area (Å²) in [7, 11) is 0. The van der Waals surface area contributed by atoms with E-state index in [4.69, 9.17) is 14.2 Å². The highest BCUT2D eigenvalue weighted by molar-refractivity contribution is 5.73. The van der Waals surface area contributed by atoms with E-state index in [1.807, 2.05) is 34.6 Å². The van der Waals surface area contributed by atoms with E-state index in [0.717, 1.165) is 32.1 Å². The van der Waals surface area contributed by atoms with Crippen LogP contribution in [0.5, 0.6) is 0 Å². The molecule has 0 aromatic carbocycles. The van der Waals surface area contributed by atoms with Gasteiger partial charge in [0.15, 0.2) is 6.10 Å². The van der Waals surface area contributed by atoms with E-state index in [-0.39, 0.29) is 48.9 Å². The van der Waals surface area contributed by atoms with Crippen LogP contribution in [0.15, 0.2) is 0 Å². The fourth-order valence-electron chi connectivity index (χ4n) is 2.68. The van der Waals surface area contributed by atoms with Crippen molar-refractivity contribution in [3.8, 4) is 0 Å². The van der Waals surface area contributed by atoms with E-state index in [0.29, 0.717) is 6.42 Å². The first-order chi connectivity index (χ1) is 12.8. The number of rotatable bonds is 14. The van der Waals surface area contributed by atoms with Gasteiger partial charge in [-0.1, -0.05) is 60.8 Å². The Morgan fingerprint density at radius 2 is 0.963 bits per heavy atom. The average molecular weight is 387 g/mol. The Balaban J connectivity index is 4.76. The van der Waals surface area contributed by atoms with Crippen molar-refractivity contribution in [2.45, 2.75) is 86.2 Å². The summed E-state index contributed by atoms with van der Waals surface area (Å²) >= 11 is 0. The Hall–Kier alpha value is -1.59. The molecule has 0 spiro atoms. The second-order valence-electron chi connectivity index (χ2n) is 7.39. The first kappa shape index (κ1) is 25.4. The van der Waals surface area contributed by atoms with Gasteiger partial charge in [-0.25, -0.2) is 0 Å². The molecule has 3 atom stereocenters. The summed E-state index contributed by atoms with van der Waals surface area (Å²) in [6, 6.07) is 0. The minimum Gasteiger partial charge on any atom is -0.461 e. The molecule has 0 rings (SSSR count). The fraction of sp³-hybridized carbons (Fsp3) is 0.857. The molecule has 0 N–H and O–H groups in total. The molecule has 27 heavy (non-hydrogen) atoms. The van der Waals surface area contributed by atoms with Crippen LogP contribution in [0.3, 0.4) is 0 Å². The lowest BCUT2D eigenvalue weighted by molar-refractivity contribution is -0.171. The number of ether oxygens (including phenoxy) is 3. The third-order valence-electron chi connectivity index (χ3n) is 4.48. The molecule has 0 saturated heterocycles. The standard InChI is InChI=1S/C21H38O6/c1-7-10-15(4)19(22)25-13-18(27-21(24)17(6)12-9-3)14-26-20(23)16(5)11-8-2/h15-18H,7-14H2,1-6H3. The summed E-state index contributed by atoms with van der Waals surface area (Å²) in [4.78, 5) is 36.2. The van der Waals surface area contributed by atoms with Crippen molar-refractivity contribution in [1.82, 2.24) is 0 Å². The molecule has 0 fully saturated rings. The minimum atomic E-state index is -0.785. The van der Waals surface area contributed by atoms with Crippen molar-refractivity contribution in [2.75, 3.05) is 13.2 Å². The molecule has 0 aliphatic heterocycles. The van der Waals surface area contributed by atoms with E-state index in [9.17, 15) is 14.4 Å². The maximum Gasteiger partial charge on any atom is 0.309 e. The first-order valence-corrected chi connectivity index (χ1v) is 10.3. The Labute approximate surface area is 164 Å². The Morgan fingerprint density at radius 3 is 1.30 bits per heavy atom. The highest BCUT2D eigenvalue weighted by atomic mass is 16.6. The highest BCUT2D eigenvalue weighted by Crippen LogP contribution is 2.13. The highest BCUT2D eigenvalue weighted by Gasteiger charge is 2.24. The third-order valence-corrected chi connectivity index (χ3v) is 4.48. The van der Waals surface area contributed by atoms with E-state index in [1.54, 1.807) is 6.92 Å². The molecule has 0 aromatic heterocycles. The number of carbonyl (C=O) groups excluding carboxylic acids is 3.